The number of hydrogen-bond donors (Lipinski definition) is 1. The zero-order valence-electron chi connectivity index (χ0n) is 12.6. The van der Waals surface area contributed by atoms with Gasteiger partial charge in [0.2, 0.25) is 5.91 Å². The molecule has 0 aliphatic carbocycles. The summed E-state index contributed by atoms with van der Waals surface area (Å²) in [6.07, 6.45) is 7.58. The lowest BCUT2D eigenvalue weighted by atomic mass is 10.1. The maximum absolute atomic E-state index is 12.0. The largest absolute Gasteiger partial charge is 0.328 e. The van der Waals surface area contributed by atoms with Gasteiger partial charge in [0.05, 0.1) is 11.9 Å². The van der Waals surface area contributed by atoms with E-state index in [1.807, 2.05) is 30.5 Å². The highest BCUT2D eigenvalue weighted by Crippen LogP contribution is 2.26. The molecule has 23 heavy (non-hydrogen) atoms. The van der Waals surface area contributed by atoms with Gasteiger partial charge in [-0.3, -0.25) is 9.48 Å². The van der Waals surface area contributed by atoms with Gasteiger partial charge in [-0.2, -0.15) is 5.10 Å². The summed E-state index contributed by atoms with van der Waals surface area (Å²) >= 11 is 0. The van der Waals surface area contributed by atoms with Crippen molar-refractivity contribution in [2.45, 2.75) is 25.9 Å². The Hall–Kier alpha value is -2.89. The number of anilines is 1. The molecular weight excluding hydrogens is 290 g/mol. The van der Waals surface area contributed by atoms with Crippen molar-refractivity contribution in [3.8, 4) is 11.3 Å². The number of nitrogens with zero attached hydrogens (tertiary/aromatic N) is 4. The second-order valence-electron chi connectivity index (χ2n) is 5.64. The van der Waals surface area contributed by atoms with E-state index >= 15 is 0 Å². The van der Waals surface area contributed by atoms with E-state index < -0.39 is 0 Å². The Morgan fingerprint density at radius 2 is 2.13 bits per heavy atom. The van der Waals surface area contributed by atoms with Crippen LogP contribution in [0.2, 0.25) is 0 Å². The number of carbonyl (C=O) groups excluding carboxylic acids is 1. The van der Waals surface area contributed by atoms with Gasteiger partial charge in [-0.05, 0) is 30.2 Å². The highest BCUT2D eigenvalue weighted by Gasteiger charge is 2.16. The molecule has 0 unspecified atom stereocenters. The predicted octanol–water partition coefficient (Wildman–Crippen LogP) is 2.33. The average Bonchev–Trinajstić information content (AvgIpc) is 3.25. The van der Waals surface area contributed by atoms with Gasteiger partial charge >= 0.3 is 0 Å². The molecule has 2 aromatic heterocycles. The molecule has 0 radical (unpaired) electrons. The molecule has 6 nitrogen and oxygen atoms in total. The lowest BCUT2D eigenvalue weighted by Gasteiger charge is -2.08. The second-order valence-corrected chi connectivity index (χ2v) is 5.64. The van der Waals surface area contributed by atoms with Gasteiger partial charge in [-0.15, -0.1) is 0 Å². The Bertz CT molecular complexity index is 817. The van der Waals surface area contributed by atoms with E-state index in [2.05, 4.69) is 20.0 Å². The number of aromatic nitrogens is 4. The molecule has 1 amide bonds. The van der Waals surface area contributed by atoms with Crippen molar-refractivity contribution >= 4 is 11.6 Å². The number of imidazole rings is 1. The maximum atomic E-state index is 12.0. The lowest BCUT2D eigenvalue weighted by molar-refractivity contribution is -0.116. The van der Waals surface area contributed by atoms with Gasteiger partial charge < -0.3 is 9.88 Å². The van der Waals surface area contributed by atoms with Crippen LogP contribution in [0.4, 0.5) is 5.69 Å². The highest BCUT2D eigenvalue weighted by atomic mass is 16.2. The van der Waals surface area contributed by atoms with Crippen molar-refractivity contribution in [1.82, 2.24) is 19.3 Å². The molecule has 0 spiro atoms. The molecule has 0 atom stereocenters. The number of aryl methyl sites for hydroxylation is 1. The Labute approximate surface area is 133 Å². The normalized spacial score (nSPS) is 13.0. The van der Waals surface area contributed by atoms with E-state index in [1.165, 1.54) is 0 Å². The number of amides is 1. The van der Waals surface area contributed by atoms with E-state index in [1.54, 1.807) is 23.1 Å². The van der Waals surface area contributed by atoms with Crippen LogP contribution in [0.15, 0.2) is 48.9 Å². The zero-order valence-corrected chi connectivity index (χ0v) is 12.6. The summed E-state index contributed by atoms with van der Waals surface area (Å²) in [6.45, 7) is 1.25. The van der Waals surface area contributed by atoms with Gasteiger partial charge in [0, 0.05) is 31.0 Å². The SMILES string of the molecule is O=C(Cn1cccn1)Nc1ccc(-c2cnc3n2CCC3)cc1. The van der Waals surface area contributed by atoms with Crippen molar-refractivity contribution in [3.63, 3.8) is 0 Å². The van der Waals surface area contributed by atoms with Crippen LogP contribution in [0, 0.1) is 0 Å². The number of rotatable bonds is 4. The van der Waals surface area contributed by atoms with Crippen LogP contribution in [0.1, 0.15) is 12.2 Å². The van der Waals surface area contributed by atoms with Crippen molar-refractivity contribution in [1.29, 1.82) is 0 Å². The molecule has 0 saturated carbocycles. The first kappa shape index (κ1) is 13.8. The summed E-state index contributed by atoms with van der Waals surface area (Å²) in [5.74, 6) is 1.07. The van der Waals surface area contributed by atoms with E-state index in [4.69, 9.17) is 0 Å². The number of hydrogen-bond acceptors (Lipinski definition) is 3. The monoisotopic (exact) mass is 307 g/mol. The Morgan fingerprint density at radius 3 is 2.91 bits per heavy atom. The van der Waals surface area contributed by atoms with Gasteiger partial charge in [0.15, 0.2) is 0 Å². The first-order valence-electron chi connectivity index (χ1n) is 7.72. The molecule has 1 N–H and O–H groups in total. The van der Waals surface area contributed by atoms with Crippen LogP contribution in [-0.2, 0) is 24.3 Å². The molecule has 0 saturated heterocycles. The number of fused-ring (bicyclic) bond motifs is 1. The molecule has 3 heterocycles. The fourth-order valence-electron chi connectivity index (χ4n) is 2.95. The average molecular weight is 307 g/mol. The van der Waals surface area contributed by atoms with Crippen molar-refractivity contribution in [2.24, 2.45) is 0 Å². The predicted molar refractivity (Wildman–Crippen MR) is 86.8 cm³/mol. The van der Waals surface area contributed by atoms with Crippen LogP contribution in [-0.4, -0.2) is 25.2 Å². The minimum atomic E-state index is -0.0910. The summed E-state index contributed by atoms with van der Waals surface area (Å²) < 4.78 is 3.87. The van der Waals surface area contributed by atoms with Gasteiger partial charge in [0.1, 0.15) is 12.4 Å². The van der Waals surface area contributed by atoms with E-state index in [9.17, 15) is 4.79 Å². The third kappa shape index (κ3) is 2.75. The lowest BCUT2D eigenvalue weighted by Crippen LogP contribution is -2.18. The summed E-state index contributed by atoms with van der Waals surface area (Å²) in [6, 6.07) is 9.68. The summed E-state index contributed by atoms with van der Waals surface area (Å²) in [5.41, 5.74) is 3.05. The molecule has 1 aliphatic heterocycles. The topological polar surface area (TPSA) is 64.7 Å². The molecule has 1 aromatic carbocycles. The van der Waals surface area contributed by atoms with Crippen molar-refractivity contribution in [2.75, 3.05) is 5.32 Å². The molecule has 6 heteroatoms. The summed E-state index contributed by atoms with van der Waals surface area (Å²) in [7, 11) is 0. The van der Waals surface area contributed by atoms with Gasteiger partial charge in [-0.1, -0.05) is 12.1 Å². The number of nitrogens with one attached hydrogen (secondary N) is 1. The molecule has 0 fully saturated rings. The third-order valence-corrected chi connectivity index (χ3v) is 4.05. The minimum Gasteiger partial charge on any atom is -0.328 e. The summed E-state index contributed by atoms with van der Waals surface area (Å²) in [4.78, 5) is 16.4. The van der Waals surface area contributed by atoms with Gasteiger partial charge in [-0.25, -0.2) is 4.98 Å². The Morgan fingerprint density at radius 1 is 1.26 bits per heavy atom. The molecule has 0 bridgehead atoms. The van der Waals surface area contributed by atoms with E-state index in [0.717, 1.165) is 42.2 Å². The van der Waals surface area contributed by atoms with E-state index in [-0.39, 0.29) is 12.5 Å². The number of benzene rings is 1. The maximum Gasteiger partial charge on any atom is 0.246 e. The Balaban J connectivity index is 1.46. The first-order valence-corrected chi connectivity index (χ1v) is 7.72. The second kappa shape index (κ2) is 5.72. The van der Waals surface area contributed by atoms with Crippen LogP contribution in [0.25, 0.3) is 11.3 Å². The quantitative estimate of drug-likeness (QED) is 0.804. The van der Waals surface area contributed by atoms with E-state index in [0.29, 0.717) is 0 Å². The highest BCUT2D eigenvalue weighted by molar-refractivity contribution is 5.90. The molecule has 116 valence electrons. The standard InChI is InChI=1S/C17H17N5O/c23-17(12-21-9-2-8-19-21)20-14-6-4-13(5-7-14)15-11-18-16-3-1-10-22(15)16/h2,4-9,11H,1,3,10,12H2,(H,20,23). The van der Waals surface area contributed by atoms with Gasteiger partial charge in [0.25, 0.3) is 0 Å². The molecule has 1 aliphatic rings. The first-order chi connectivity index (χ1) is 11.3. The minimum absolute atomic E-state index is 0.0910. The summed E-state index contributed by atoms with van der Waals surface area (Å²) in [5, 5.41) is 6.91. The third-order valence-electron chi connectivity index (χ3n) is 4.05. The zero-order chi connectivity index (χ0) is 15.6. The smallest absolute Gasteiger partial charge is 0.246 e. The molecule has 4 rings (SSSR count). The Kier molecular flexibility index (Phi) is 3.42. The molecular formula is C17H17N5O. The van der Waals surface area contributed by atoms with Crippen LogP contribution in [0.5, 0.6) is 0 Å². The fourth-order valence-corrected chi connectivity index (χ4v) is 2.95. The van der Waals surface area contributed by atoms with Crippen LogP contribution < -0.4 is 5.32 Å². The van der Waals surface area contributed by atoms with Crippen molar-refractivity contribution in [3.05, 3.63) is 54.7 Å². The van der Waals surface area contributed by atoms with Crippen LogP contribution in [0.3, 0.4) is 0 Å². The fraction of sp³-hybridized carbons (Fsp3) is 0.235. The van der Waals surface area contributed by atoms with Crippen LogP contribution >= 0.6 is 0 Å². The number of carbonyl (C=O) groups is 1. The molecule has 3 aromatic rings. The van der Waals surface area contributed by atoms with Crippen molar-refractivity contribution < 1.29 is 4.79 Å².